The maximum absolute atomic E-state index is 4.22. The summed E-state index contributed by atoms with van der Waals surface area (Å²) in [5, 5.41) is 0. The molecule has 2 atom stereocenters. The van der Waals surface area contributed by atoms with Crippen LogP contribution in [0.2, 0.25) is 0 Å². The highest BCUT2D eigenvalue weighted by atomic mass is 31.0. The van der Waals surface area contributed by atoms with Gasteiger partial charge in [-0.05, 0) is 48.1 Å². The van der Waals surface area contributed by atoms with Crippen molar-refractivity contribution in [1.29, 1.82) is 0 Å². The van der Waals surface area contributed by atoms with E-state index in [1.807, 2.05) is 0 Å². The molecule has 1 aliphatic rings. The number of hydrogen-bond acceptors (Lipinski definition) is 0. The van der Waals surface area contributed by atoms with Crippen molar-refractivity contribution in [3.05, 3.63) is 77.4 Å². The number of aryl methyl sites for hydroxylation is 1. The van der Waals surface area contributed by atoms with Crippen LogP contribution in [0.3, 0.4) is 0 Å². The second-order valence-electron chi connectivity index (χ2n) is 5.06. The van der Waals surface area contributed by atoms with Crippen molar-refractivity contribution in [2.24, 2.45) is 0 Å². The van der Waals surface area contributed by atoms with Crippen LogP contribution in [0.4, 0.5) is 0 Å². The highest BCUT2D eigenvalue weighted by molar-refractivity contribution is 7.18. The van der Waals surface area contributed by atoms with Crippen LogP contribution in [0.15, 0.2) is 66.3 Å². The predicted molar refractivity (Wildman–Crippen MR) is 89.3 cm³/mol. The van der Waals surface area contributed by atoms with E-state index in [1.54, 1.807) is 0 Å². The van der Waals surface area contributed by atoms with Crippen LogP contribution in [0.25, 0.3) is 5.57 Å². The predicted octanol–water partition coefficient (Wildman–Crippen LogP) is 5.08. The van der Waals surface area contributed by atoms with E-state index in [0.717, 1.165) is 12.0 Å². The van der Waals surface area contributed by atoms with Crippen molar-refractivity contribution < 1.29 is 0 Å². The first-order valence-corrected chi connectivity index (χ1v) is 7.32. The highest BCUT2D eigenvalue weighted by Crippen LogP contribution is 2.29. The van der Waals surface area contributed by atoms with Gasteiger partial charge < -0.3 is 0 Å². The molecule has 1 aromatic carbocycles. The topological polar surface area (TPSA) is 0 Å². The first-order chi connectivity index (χ1) is 9.09. The molecule has 1 heteroatoms. The molecule has 98 valence electrons. The van der Waals surface area contributed by atoms with Crippen molar-refractivity contribution in [3.63, 3.8) is 0 Å². The molecule has 0 saturated heterocycles. The largest absolute Gasteiger partial charge is 0.129 e. The first-order valence-electron chi connectivity index (χ1n) is 6.65. The molecule has 1 aliphatic carbocycles. The molecule has 2 unspecified atom stereocenters. The summed E-state index contributed by atoms with van der Waals surface area (Å²) in [6.45, 7) is 8.52. The van der Waals surface area contributed by atoms with Gasteiger partial charge in [-0.1, -0.05) is 55.1 Å². The van der Waals surface area contributed by atoms with Crippen molar-refractivity contribution in [2.75, 3.05) is 0 Å². The monoisotopic (exact) mass is 268 g/mol. The quantitative estimate of drug-likeness (QED) is 0.529. The van der Waals surface area contributed by atoms with Gasteiger partial charge in [-0.2, -0.15) is 0 Å². The van der Waals surface area contributed by atoms with Gasteiger partial charge in [0.25, 0.3) is 0 Å². The maximum Gasteiger partial charge on any atom is 0.00225 e. The van der Waals surface area contributed by atoms with Crippen LogP contribution < -0.4 is 0 Å². The molecular formula is C18H21P. The average Bonchev–Trinajstić information content (AvgIpc) is 2.39. The molecule has 1 aromatic rings. The lowest BCUT2D eigenvalue weighted by Gasteiger charge is -2.18. The summed E-state index contributed by atoms with van der Waals surface area (Å²) < 4.78 is 0. The van der Waals surface area contributed by atoms with Gasteiger partial charge in [0.1, 0.15) is 0 Å². The van der Waals surface area contributed by atoms with E-state index in [0.29, 0.717) is 5.66 Å². The van der Waals surface area contributed by atoms with E-state index < -0.39 is 0 Å². The Labute approximate surface area is 118 Å². The van der Waals surface area contributed by atoms with E-state index in [-0.39, 0.29) is 0 Å². The molecule has 0 spiro atoms. The third kappa shape index (κ3) is 3.33. The molecule has 0 radical (unpaired) electrons. The van der Waals surface area contributed by atoms with Gasteiger partial charge >= 0.3 is 0 Å². The highest BCUT2D eigenvalue weighted by Gasteiger charge is 2.12. The first kappa shape index (κ1) is 14.0. The SMILES string of the molecule is C=C(C=C(C)C1=CC=CCC1P)c1ccccc1C. The van der Waals surface area contributed by atoms with Gasteiger partial charge in [0.05, 0.1) is 0 Å². The summed E-state index contributed by atoms with van der Waals surface area (Å²) in [6, 6.07) is 8.40. The number of benzene rings is 1. The lowest BCUT2D eigenvalue weighted by molar-refractivity contribution is 0.990. The standard InChI is InChI=1S/C18H21P/c1-13-8-4-5-9-16(13)14(2)12-15(3)17-10-6-7-11-18(17)19/h4-10,12,18H,2,11,19H2,1,3H3. The second kappa shape index (κ2) is 6.17. The molecule has 19 heavy (non-hydrogen) atoms. The molecule has 2 rings (SSSR count). The second-order valence-corrected chi connectivity index (χ2v) is 5.86. The minimum atomic E-state index is 0.519. The molecule has 0 nitrogen and oxygen atoms in total. The lowest BCUT2D eigenvalue weighted by atomic mass is 9.94. The van der Waals surface area contributed by atoms with Gasteiger partial charge in [0, 0.05) is 5.66 Å². The summed E-state index contributed by atoms with van der Waals surface area (Å²) in [5.41, 5.74) is 6.81. The Bertz CT molecular complexity index is 573. The molecule has 0 aromatic heterocycles. The van der Waals surface area contributed by atoms with Gasteiger partial charge in [-0.15, -0.1) is 9.24 Å². The molecule has 0 saturated carbocycles. The van der Waals surface area contributed by atoms with Gasteiger partial charge in [0.2, 0.25) is 0 Å². The Balaban J connectivity index is 2.26. The van der Waals surface area contributed by atoms with Crippen LogP contribution in [-0.4, -0.2) is 5.66 Å². The molecule has 0 amide bonds. The van der Waals surface area contributed by atoms with Gasteiger partial charge in [-0.3, -0.25) is 0 Å². The molecule has 0 fully saturated rings. The normalized spacial score (nSPS) is 19.2. The van der Waals surface area contributed by atoms with E-state index in [1.165, 1.54) is 22.3 Å². The van der Waals surface area contributed by atoms with Crippen LogP contribution in [-0.2, 0) is 0 Å². The van der Waals surface area contributed by atoms with E-state index in [9.17, 15) is 0 Å². The van der Waals surface area contributed by atoms with Crippen LogP contribution in [0.1, 0.15) is 24.5 Å². The minimum absolute atomic E-state index is 0.519. The van der Waals surface area contributed by atoms with Crippen LogP contribution in [0, 0.1) is 6.92 Å². The minimum Gasteiger partial charge on any atom is -0.129 e. The molecular weight excluding hydrogens is 247 g/mol. The Morgan fingerprint density at radius 3 is 2.79 bits per heavy atom. The van der Waals surface area contributed by atoms with Crippen LogP contribution in [0.5, 0.6) is 0 Å². The molecule has 0 aliphatic heterocycles. The van der Waals surface area contributed by atoms with E-state index in [4.69, 9.17) is 0 Å². The number of hydrogen-bond donors (Lipinski definition) is 0. The van der Waals surface area contributed by atoms with Crippen molar-refractivity contribution in [1.82, 2.24) is 0 Å². The fourth-order valence-electron chi connectivity index (χ4n) is 2.43. The van der Waals surface area contributed by atoms with Crippen molar-refractivity contribution in [2.45, 2.75) is 25.9 Å². The van der Waals surface area contributed by atoms with Crippen LogP contribution >= 0.6 is 9.24 Å². The molecule has 0 N–H and O–H groups in total. The summed E-state index contributed by atoms with van der Waals surface area (Å²) in [5.74, 6) is 0. The van der Waals surface area contributed by atoms with Gasteiger partial charge in [-0.25, -0.2) is 0 Å². The summed E-state index contributed by atoms with van der Waals surface area (Å²) in [6.07, 6.45) is 9.86. The average molecular weight is 268 g/mol. The zero-order valence-corrected chi connectivity index (χ0v) is 12.8. The lowest BCUT2D eigenvalue weighted by Crippen LogP contribution is -2.05. The fraction of sp³-hybridized carbons (Fsp3) is 0.222. The third-order valence-electron chi connectivity index (χ3n) is 3.54. The van der Waals surface area contributed by atoms with Crippen molar-refractivity contribution >= 4 is 14.8 Å². The Morgan fingerprint density at radius 2 is 2.11 bits per heavy atom. The fourth-order valence-corrected chi connectivity index (χ4v) is 2.96. The summed E-state index contributed by atoms with van der Waals surface area (Å²) in [4.78, 5) is 0. The summed E-state index contributed by atoms with van der Waals surface area (Å²) >= 11 is 0. The Kier molecular flexibility index (Phi) is 4.56. The Morgan fingerprint density at radius 1 is 1.37 bits per heavy atom. The molecule has 0 bridgehead atoms. The van der Waals surface area contributed by atoms with E-state index in [2.05, 4.69) is 78.2 Å². The van der Waals surface area contributed by atoms with Gasteiger partial charge in [0.15, 0.2) is 0 Å². The Hall–Kier alpha value is -1.39. The third-order valence-corrected chi connectivity index (χ3v) is 4.17. The maximum atomic E-state index is 4.22. The van der Waals surface area contributed by atoms with E-state index >= 15 is 0 Å². The number of allylic oxidation sites excluding steroid dienone is 7. The number of rotatable bonds is 3. The summed E-state index contributed by atoms with van der Waals surface area (Å²) in [7, 11) is 2.92. The smallest absolute Gasteiger partial charge is 0.00225 e. The zero-order valence-electron chi connectivity index (χ0n) is 11.7. The van der Waals surface area contributed by atoms with Crippen molar-refractivity contribution in [3.8, 4) is 0 Å². The zero-order chi connectivity index (χ0) is 13.8. The molecule has 0 heterocycles.